The standard InChI is InChI=1S/C28H24ClN5O/c29-25-9-6-21(17-24(25)28-31-18-26(33-28)19-4-2-1-3-5-19)32-27-23-8-7-22(16-20(23)10-11-30-27)34-12-14-35-15-13-34/h1-11,16-18H,12-15H2,(H,30,32)(H,31,33). The van der Waals surface area contributed by atoms with E-state index in [0.717, 1.165) is 71.2 Å². The number of morpholine rings is 1. The molecular formula is C28H24ClN5O. The van der Waals surface area contributed by atoms with Crippen LogP contribution in [0.15, 0.2) is 85.2 Å². The largest absolute Gasteiger partial charge is 0.378 e. The predicted molar refractivity (Wildman–Crippen MR) is 143 cm³/mol. The zero-order chi connectivity index (χ0) is 23.6. The Balaban J connectivity index is 1.29. The van der Waals surface area contributed by atoms with Gasteiger partial charge in [-0.15, -0.1) is 0 Å². The third kappa shape index (κ3) is 4.46. The lowest BCUT2D eigenvalue weighted by atomic mass is 10.1. The fourth-order valence-corrected chi connectivity index (χ4v) is 4.63. The summed E-state index contributed by atoms with van der Waals surface area (Å²) in [4.78, 5) is 14.9. The number of benzene rings is 3. The van der Waals surface area contributed by atoms with Crippen molar-refractivity contribution in [3.05, 3.63) is 90.2 Å². The lowest BCUT2D eigenvalue weighted by Crippen LogP contribution is -2.36. The van der Waals surface area contributed by atoms with Gasteiger partial charge in [0.25, 0.3) is 0 Å². The van der Waals surface area contributed by atoms with Gasteiger partial charge >= 0.3 is 0 Å². The number of rotatable bonds is 5. The molecule has 1 fully saturated rings. The van der Waals surface area contributed by atoms with Crippen LogP contribution in [0.5, 0.6) is 0 Å². The van der Waals surface area contributed by atoms with Crippen LogP contribution in [0.25, 0.3) is 33.4 Å². The van der Waals surface area contributed by atoms with E-state index in [1.807, 2.05) is 67.0 Å². The molecule has 0 radical (unpaired) electrons. The van der Waals surface area contributed by atoms with Gasteiger partial charge in [-0.05, 0) is 53.4 Å². The average molecular weight is 482 g/mol. The number of hydrogen-bond donors (Lipinski definition) is 2. The van der Waals surface area contributed by atoms with Crippen molar-refractivity contribution in [1.29, 1.82) is 0 Å². The first-order valence-electron chi connectivity index (χ1n) is 11.6. The smallest absolute Gasteiger partial charge is 0.139 e. The second kappa shape index (κ2) is 9.41. The first-order valence-corrected chi connectivity index (χ1v) is 12.0. The van der Waals surface area contributed by atoms with E-state index in [0.29, 0.717) is 5.02 Å². The number of aromatic nitrogens is 3. The predicted octanol–water partition coefficient (Wildman–Crippen LogP) is 6.53. The number of imidazole rings is 1. The quantitative estimate of drug-likeness (QED) is 0.299. The SMILES string of the molecule is Clc1ccc(Nc2nccc3cc(N4CCOCC4)ccc23)cc1-c1ncc(-c2ccccc2)[nH]1. The Morgan fingerprint density at radius 1 is 0.914 bits per heavy atom. The molecule has 2 aromatic heterocycles. The number of ether oxygens (including phenoxy) is 1. The van der Waals surface area contributed by atoms with Crippen LogP contribution in [0.1, 0.15) is 0 Å². The highest BCUT2D eigenvalue weighted by molar-refractivity contribution is 6.33. The van der Waals surface area contributed by atoms with Crippen molar-refractivity contribution in [3.8, 4) is 22.6 Å². The van der Waals surface area contributed by atoms with Gasteiger partial charge in [0.2, 0.25) is 0 Å². The van der Waals surface area contributed by atoms with Crippen molar-refractivity contribution in [2.45, 2.75) is 0 Å². The van der Waals surface area contributed by atoms with E-state index in [-0.39, 0.29) is 0 Å². The number of pyridine rings is 1. The Kier molecular flexibility index (Phi) is 5.82. The average Bonchev–Trinajstić information content (AvgIpc) is 3.41. The Bertz CT molecular complexity index is 1480. The third-order valence-corrected chi connectivity index (χ3v) is 6.60. The molecule has 3 aromatic carbocycles. The molecule has 5 aromatic rings. The van der Waals surface area contributed by atoms with Crippen molar-refractivity contribution in [1.82, 2.24) is 15.0 Å². The summed E-state index contributed by atoms with van der Waals surface area (Å²) in [6.07, 6.45) is 3.67. The first kappa shape index (κ1) is 21.6. The molecule has 0 spiro atoms. The monoisotopic (exact) mass is 481 g/mol. The van der Waals surface area contributed by atoms with Gasteiger partial charge in [-0.1, -0.05) is 41.9 Å². The molecule has 0 saturated carbocycles. The second-order valence-corrected chi connectivity index (χ2v) is 8.90. The van der Waals surface area contributed by atoms with E-state index in [9.17, 15) is 0 Å². The van der Waals surface area contributed by atoms with E-state index in [2.05, 4.69) is 43.4 Å². The number of halogens is 1. The summed E-state index contributed by atoms with van der Waals surface area (Å²) >= 11 is 6.56. The number of nitrogens with one attached hydrogen (secondary N) is 2. The van der Waals surface area contributed by atoms with Crippen LogP contribution >= 0.6 is 11.6 Å². The van der Waals surface area contributed by atoms with Crippen LogP contribution < -0.4 is 10.2 Å². The molecule has 1 saturated heterocycles. The summed E-state index contributed by atoms with van der Waals surface area (Å²) in [5, 5.41) is 6.31. The van der Waals surface area contributed by atoms with Gasteiger partial charge < -0.3 is 19.9 Å². The zero-order valence-electron chi connectivity index (χ0n) is 19.0. The summed E-state index contributed by atoms with van der Waals surface area (Å²) in [5.74, 6) is 1.52. The summed E-state index contributed by atoms with van der Waals surface area (Å²) < 4.78 is 5.49. The number of aromatic amines is 1. The van der Waals surface area contributed by atoms with E-state index in [1.165, 1.54) is 5.69 Å². The summed E-state index contributed by atoms with van der Waals surface area (Å²) in [6, 6.07) is 24.5. The molecule has 0 bridgehead atoms. The Morgan fingerprint density at radius 2 is 1.77 bits per heavy atom. The van der Waals surface area contributed by atoms with Crippen molar-refractivity contribution < 1.29 is 4.74 Å². The molecule has 6 nitrogen and oxygen atoms in total. The fraction of sp³-hybridized carbons (Fsp3) is 0.143. The molecular weight excluding hydrogens is 458 g/mol. The Morgan fingerprint density at radius 3 is 2.63 bits per heavy atom. The van der Waals surface area contributed by atoms with E-state index < -0.39 is 0 Å². The van der Waals surface area contributed by atoms with Crippen molar-refractivity contribution in [2.75, 3.05) is 36.5 Å². The van der Waals surface area contributed by atoms with Crippen LogP contribution in [0, 0.1) is 0 Å². The van der Waals surface area contributed by atoms with Gasteiger partial charge in [0.15, 0.2) is 0 Å². The highest BCUT2D eigenvalue weighted by Gasteiger charge is 2.14. The summed E-state index contributed by atoms with van der Waals surface area (Å²) in [7, 11) is 0. The molecule has 7 heteroatoms. The molecule has 0 atom stereocenters. The lowest BCUT2D eigenvalue weighted by molar-refractivity contribution is 0.122. The normalized spacial score (nSPS) is 13.8. The number of H-pyrrole nitrogens is 1. The van der Waals surface area contributed by atoms with Gasteiger partial charge in [0, 0.05) is 41.6 Å². The maximum Gasteiger partial charge on any atom is 0.139 e. The topological polar surface area (TPSA) is 66.1 Å². The molecule has 0 aliphatic carbocycles. The van der Waals surface area contributed by atoms with Crippen LogP contribution in [-0.4, -0.2) is 41.3 Å². The molecule has 35 heavy (non-hydrogen) atoms. The van der Waals surface area contributed by atoms with E-state index in [4.69, 9.17) is 16.3 Å². The Labute approximate surface area is 208 Å². The minimum Gasteiger partial charge on any atom is -0.378 e. The van der Waals surface area contributed by atoms with Crippen molar-refractivity contribution in [3.63, 3.8) is 0 Å². The molecule has 174 valence electrons. The number of fused-ring (bicyclic) bond motifs is 1. The lowest BCUT2D eigenvalue weighted by Gasteiger charge is -2.29. The van der Waals surface area contributed by atoms with Crippen molar-refractivity contribution in [2.24, 2.45) is 0 Å². The highest BCUT2D eigenvalue weighted by Crippen LogP contribution is 2.33. The number of anilines is 3. The molecule has 0 unspecified atom stereocenters. The van der Waals surface area contributed by atoms with E-state index in [1.54, 1.807) is 0 Å². The number of hydrogen-bond acceptors (Lipinski definition) is 5. The van der Waals surface area contributed by atoms with E-state index >= 15 is 0 Å². The van der Waals surface area contributed by atoms with Gasteiger partial charge in [-0.2, -0.15) is 0 Å². The second-order valence-electron chi connectivity index (χ2n) is 8.50. The maximum absolute atomic E-state index is 6.56. The van der Waals surface area contributed by atoms with Crippen LogP contribution in [0.4, 0.5) is 17.2 Å². The zero-order valence-corrected chi connectivity index (χ0v) is 19.8. The van der Waals surface area contributed by atoms with Gasteiger partial charge in [0.05, 0.1) is 30.1 Å². The van der Waals surface area contributed by atoms with Crippen LogP contribution in [0.2, 0.25) is 5.02 Å². The summed E-state index contributed by atoms with van der Waals surface area (Å²) in [6.45, 7) is 3.35. The minimum atomic E-state index is 0.630. The number of nitrogens with zero attached hydrogens (tertiary/aromatic N) is 3. The molecule has 1 aliphatic rings. The van der Waals surface area contributed by atoms with Crippen molar-refractivity contribution >= 4 is 39.6 Å². The minimum absolute atomic E-state index is 0.630. The highest BCUT2D eigenvalue weighted by atomic mass is 35.5. The van der Waals surface area contributed by atoms with Gasteiger partial charge in [-0.3, -0.25) is 0 Å². The third-order valence-electron chi connectivity index (χ3n) is 6.27. The molecule has 1 aliphatic heterocycles. The van der Waals surface area contributed by atoms with Crippen LogP contribution in [-0.2, 0) is 4.74 Å². The first-order chi connectivity index (χ1) is 17.2. The molecule has 3 heterocycles. The van der Waals surface area contributed by atoms with Crippen LogP contribution in [0.3, 0.4) is 0 Å². The Hall–Kier alpha value is -3.87. The molecule has 0 amide bonds. The summed E-state index contributed by atoms with van der Waals surface area (Å²) in [5.41, 5.74) is 4.95. The molecule has 6 rings (SSSR count). The maximum atomic E-state index is 6.56. The van der Waals surface area contributed by atoms with Gasteiger partial charge in [-0.25, -0.2) is 9.97 Å². The van der Waals surface area contributed by atoms with Gasteiger partial charge in [0.1, 0.15) is 11.6 Å². The molecule has 2 N–H and O–H groups in total. The fourth-order valence-electron chi connectivity index (χ4n) is 4.43.